The first-order valence-corrected chi connectivity index (χ1v) is 9.47. The first kappa shape index (κ1) is 18.3. The summed E-state index contributed by atoms with van der Waals surface area (Å²) >= 11 is 0. The van der Waals surface area contributed by atoms with Crippen LogP contribution in [-0.4, -0.2) is 19.8 Å². The van der Waals surface area contributed by atoms with Crippen molar-refractivity contribution in [2.45, 2.75) is 78.9 Å². The first-order valence-electron chi connectivity index (χ1n) is 7.24. The summed E-state index contributed by atoms with van der Waals surface area (Å²) in [5.74, 6) is 2.06. The van der Waals surface area contributed by atoms with Gasteiger partial charge in [-0.2, -0.15) is 0 Å². The van der Waals surface area contributed by atoms with E-state index in [2.05, 4.69) is 47.5 Å². The molecule has 0 spiro atoms. The van der Waals surface area contributed by atoms with Crippen LogP contribution in [0.2, 0.25) is 16.6 Å². The molecule has 19 heavy (non-hydrogen) atoms. The highest BCUT2D eigenvalue weighted by atomic mass is 28.3. The number of Topliss-reactive ketones (excluding diaryl/α,β-unsaturated/α-hetero) is 1. The van der Waals surface area contributed by atoms with Crippen LogP contribution in [0.15, 0.2) is 5.20 Å². The van der Waals surface area contributed by atoms with E-state index < -0.39 is 13.5 Å². The lowest BCUT2D eigenvalue weighted by Crippen LogP contribution is -2.51. The largest absolute Gasteiger partial charge is 0.294 e. The van der Waals surface area contributed by atoms with E-state index in [0.717, 1.165) is 0 Å². The molecule has 3 heteroatoms. The predicted octanol–water partition coefficient (Wildman–Crippen LogP) is 4.58. The smallest absolute Gasteiger partial charge is 0.170 e. The van der Waals surface area contributed by atoms with Crippen LogP contribution in [-0.2, 0) is 9.59 Å². The van der Waals surface area contributed by atoms with Crippen LogP contribution in [0, 0.1) is 5.41 Å². The monoisotopic (exact) mass is 282 g/mol. The van der Waals surface area contributed by atoms with Gasteiger partial charge < -0.3 is 0 Å². The third-order valence-corrected chi connectivity index (χ3v) is 11.2. The first-order chi connectivity index (χ1) is 8.43. The fourth-order valence-corrected chi connectivity index (χ4v) is 10.2. The van der Waals surface area contributed by atoms with Crippen molar-refractivity contribution in [2.75, 3.05) is 0 Å². The number of ketones is 1. The molecule has 0 N–H and O–H groups in total. The molecule has 0 aliphatic carbocycles. The van der Waals surface area contributed by atoms with Crippen LogP contribution in [0.4, 0.5) is 0 Å². The zero-order valence-corrected chi connectivity index (χ0v) is 15.0. The number of rotatable bonds is 5. The Hall–Kier alpha value is -0.663. The molecule has 0 aliphatic heterocycles. The second-order valence-electron chi connectivity index (χ2n) is 7.45. The summed E-state index contributed by atoms with van der Waals surface area (Å²) in [4.78, 5) is 24.3. The fraction of sp³-hybridized carbons (Fsp3) is 0.812. The maximum Gasteiger partial charge on any atom is 0.170 e. The maximum atomic E-state index is 12.7. The molecule has 0 saturated heterocycles. The van der Waals surface area contributed by atoms with Crippen LogP contribution in [0.25, 0.3) is 0 Å². The van der Waals surface area contributed by atoms with Crippen LogP contribution in [0.1, 0.15) is 62.3 Å². The van der Waals surface area contributed by atoms with Gasteiger partial charge in [-0.25, -0.2) is 4.79 Å². The van der Waals surface area contributed by atoms with Crippen molar-refractivity contribution in [3.63, 3.8) is 0 Å². The van der Waals surface area contributed by atoms with Gasteiger partial charge in [0.2, 0.25) is 0 Å². The summed E-state index contributed by atoms with van der Waals surface area (Å²) in [7, 11) is -2.19. The Morgan fingerprint density at radius 2 is 1.21 bits per heavy atom. The van der Waals surface area contributed by atoms with Crippen molar-refractivity contribution in [2.24, 2.45) is 5.41 Å². The van der Waals surface area contributed by atoms with E-state index in [1.54, 1.807) is 0 Å². The van der Waals surface area contributed by atoms with Gasteiger partial charge in [-0.3, -0.25) is 4.79 Å². The van der Waals surface area contributed by atoms with Crippen LogP contribution >= 0.6 is 0 Å². The Bertz CT molecular complexity index is 358. The standard InChI is InChI=1S/C16H30O2Si/c1-11(2)19(12(3)4,13(5)6)14(10-17)15(18)16(7,8)9/h11-13H,1-9H3. The summed E-state index contributed by atoms with van der Waals surface area (Å²) in [5, 5.41) is 0.486. The molecule has 0 unspecified atom stereocenters. The molecule has 0 aliphatic rings. The Kier molecular flexibility index (Phi) is 5.98. The van der Waals surface area contributed by atoms with Gasteiger partial charge in [-0.1, -0.05) is 62.3 Å². The Balaban J connectivity index is 6.15. The lowest BCUT2D eigenvalue weighted by atomic mass is 9.91. The number of hydrogen-bond acceptors (Lipinski definition) is 2. The Morgan fingerprint density at radius 3 is 1.37 bits per heavy atom. The van der Waals surface area contributed by atoms with Gasteiger partial charge in [0.05, 0.1) is 5.20 Å². The molecule has 110 valence electrons. The van der Waals surface area contributed by atoms with Gasteiger partial charge in [-0.15, -0.1) is 0 Å². The van der Waals surface area contributed by atoms with Gasteiger partial charge in [0.1, 0.15) is 14.0 Å². The zero-order chi connectivity index (χ0) is 15.6. The fourth-order valence-electron chi connectivity index (χ4n) is 3.57. The van der Waals surface area contributed by atoms with Crippen LogP contribution in [0.5, 0.6) is 0 Å². The van der Waals surface area contributed by atoms with E-state index >= 15 is 0 Å². The molecule has 0 radical (unpaired) electrons. The number of carbonyl (C=O) groups excluding carboxylic acids is 2. The highest BCUT2D eigenvalue weighted by Crippen LogP contribution is 2.47. The van der Waals surface area contributed by atoms with Gasteiger partial charge >= 0.3 is 0 Å². The summed E-state index contributed by atoms with van der Waals surface area (Å²) < 4.78 is 0. The third kappa shape index (κ3) is 3.27. The molecule has 0 rings (SSSR count). The maximum absolute atomic E-state index is 12.7. The van der Waals surface area contributed by atoms with E-state index in [-0.39, 0.29) is 5.78 Å². The van der Waals surface area contributed by atoms with Gasteiger partial charge in [-0.05, 0) is 16.6 Å². The van der Waals surface area contributed by atoms with Crippen molar-refractivity contribution in [1.82, 2.24) is 0 Å². The molecular formula is C16H30O2Si. The van der Waals surface area contributed by atoms with E-state index in [1.807, 2.05) is 20.8 Å². The minimum Gasteiger partial charge on any atom is -0.294 e. The Morgan fingerprint density at radius 1 is 0.895 bits per heavy atom. The minimum atomic E-state index is -2.19. The normalized spacial score (nSPS) is 13.1. The topological polar surface area (TPSA) is 34.1 Å². The van der Waals surface area contributed by atoms with Crippen molar-refractivity contribution in [3.8, 4) is 0 Å². The Labute approximate surface area is 119 Å². The van der Waals surface area contributed by atoms with Crippen LogP contribution < -0.4 is 0 Å². The highest BCUT2D eigenvalue weighted by molar-refractivity contribution is 6.94. The zero-order valence-electron chi connectivity index (χ0n) is 14.0. The molecular weight excluding hydrogens is 252 g/mol. The number of allylic oxidation sites excluding steroid dienone is 1. The summed E-state index contributed by atoms with van der Waals surface area (Å²) in [6, 6.07) is 0. The minimum absolute atomic E-state index is 0.00901. The second kappa shape index (κ2) is 6.19. The molecule has 0 heterocycles. The van der Waals surface area contributed by atoms with Crippen LogP contribution in [0.3, 0.4) is 0 Å². The molecule has 2 nitrogen and oxygen atoms in total. The van der Waals surface area contributed by atoms with Crippen molar-refractivity contribution in [3.05, 3.63) is 5.20 Å². The summed E-state index contributed by atoms with van der Waals surface area (Å²) in [5.41, 5.74) is 0.560. The molecule has 0 aromatic rings. The summed E-state index contributed by atoms with van der Waals surface area (Å²) in [6.07, 6.45) is 0. The van der Waals surface area contributed by atoms with Crippen molar-refractivity contribution < 1.29 is 9.59 Å². The molecule has 0 amide bonds. The molecule has 0 bridgehead atoms. The average Bonchev–Trinajstić information content (AvgIpc) is 2.21. The highest BCUT2D eigenvalue weighted by Gasteiger charge is 2.51. The van der Waals surface area contributed by atoms with E-state index in [1.165, 1.54) is 0 Å². The average molecular weight is 282 g/mol. The predicted molar refractivity (Wildman–Crippen MR) is 84.7 cm³/mol. The van der Waals surface area contributed by atoms with Crippen molar-refractivity contribution >= 4 is 19.8 Å². The second-order valence-corrected chi connectivity index (χ2v) is 13.3. The number of carbonyl (C=O) groups is 1. The SMILES string of the molecule is CC(C)[Si](C(=C=O)C(=O)C(C)(C)C)(C(C)C)C(C)C. The number of hydrogen-bond donors (Lipinski definition) is 0. The lowest BCUT2D eigenvalue weighted by molar-refractivity contribution is -0.121. The molecule has 0 atom stereocenters. The molecule has 0 fully saturated rings. The van der Waals surface area contributed by atoms with E-state index in [4.69, 9.17) is 0 Å². The third-order valence-electron chi connectivity index (χ3n) is 4.31. The summed E-state index contributed by atoms with van der Waals surface area (Å²) in [6.45, 7) is 18.6. The quantitative estimate of drug-likeness (QED) is 0.420. The lowest BCUT2D eigenvalue weighted by Gasteiger charge is -2.43. The van der Waals surface area contributed by atoms with E-state index in [9.17, 15) is 9.59 Å². The van der Waals surface area contributed by atoms with Gasteiger partial charge in [0, 0.05) is 5.41 Å². The van der Waals surface area contributed by atoms with E-state index in [0.29, 0.717) is 21.8 Å². The van der Waals surface area contributed by atoms with Gasteiger partial charge in [0.25, 0.3) is 0 Å². The molecule has 0 aromatic carbocycles. The molecule has 0 saturated carbocycles. The van der Waals surface area contributed by atoms with Crippen molar-refractivity contribution in [1.29, 1.82) is 0 Å². The molecule has 0 aromatic heterocycles. The van der Waals surface area contributed by atoms with Gasteiger partial charge in [0.15, 0.2) is 5.78 Å².